The highest BCUT2D eigenvalue weighted by molar-refractivity contribution is 5.85. The number of carbonyl (C=O) groups excluding carboxylic acids is 2. The number of nitrogens with one attached hydrogen (secondary N) is 1. The molecule has 0 atom stereocenters. The van der Waals surface area contributed by atoms with Gasteiger partial charge in [0.2, 0.25) is 5.91 Å². The van der Waals surface area contributed by atoms with Crippen LogP contribution >= 0.6 is 0 Å². The zero-order valence-corrected chi connectivity index (χ0v) is 14.1. The number of likely N-dealkylation sites (tertiary alicyclic amines) is 1. The molecule has 0 aliphatic carbocycles. The molecule has 1 aromatic rings. The van der Waals surface area contributed by atoms with Crippen molar-refractivity contribution in [2.24, 2.45) is 0 Å². The second-order valence-corrected chi connectivity index (χ2v) is 6.60. The molecule has 0 saturated carbocycles. The Bertz CT molecular complexity index is 572. The highest BCUT2D eigenvalue weighted by atomic mass is 16.2. The standard InChI is InChI=1S/C17H25N5O2/c1-20-9-10-22(17(20)24)13-16(23)19-15-4-7-21(8-5-15)12-14-3-2-6-18-11-14/h2-3,6,11,15H,4-5,7-10,12-13H2,1H3,(H,19,23). The molecule has 1 aromatic heterocycles. The van der Waals surface area contributed by atoms with Crippen LogP contribution < -0.4 is 5.32 Å². The van der Waals surface area contributed by atoms with Crippen molar-refractivity contribution in [3.05, 3.63) is 30.1 Å². The van der Waals surface area contributed by atoms with Crippen LogP contribution in [0.3, 0.4) is 0 Å². The third kappa shape index (κ3) is 4.23. The van der Waals surface area contributed by atoms with Crippen LogP contribution in [0.2, 0.25) is 0 Å². The van der Waals surface area contributed by atoms with Gasteiger partial charge in [-0.1, -0.05) is 6.07 Å². The fourth-order valence-electron chi connectivity index (χ4n) is 3.28. The highest BCUT2D eigenvalue weighted by Gasteiger charge is 2.28. The molecule has 130 valence electrons. The van der Waals surface area contributed by atoms with Crippen LogP contribution in [-0.4, -0.2) is 77.4 Å². The monoisotopic (exact) mass is 331 g/mol. The van der Waals surface area contributed by atoms with Crippen LogP contribution in [0.1, 0.15) is 18.4 Å². The Labute approximate surface area is 142 Å². The van der Waals surface area contributed by atoms with E-state index in [1.807, 2.05) is 12.3 Å². The molecule has 1 N–H and O–H groups in total. The van der Waals surface area contributed by atoms with Gasteiger partial charge in [-0.3, -0.25) is 14.7 Å². The van der Waals surface area contributed by atoms with E-state index in [0.29, 0.717) is 13.1 Å². The summed E-state index contributed by atoms with van der Waals surface area (Å²) in [6.45, 7) is 4.32. The third-order valence-corrected chi connectivity index (χ3v) is 4.72. The zero-order valence-electron chi connectivity index (χ0n) is 14.1. The quantitative estimate of drug-likeness (QED) is 0.855. The van der Waals surface area contributed by atoms with E-state index in [1.54, 1.807) is 23.0 Å². The lowest BCUT2D eigenvalue weighted by Gasteiger charge is -2.32. The maximum atomic E-state index is 12.1. The Morgan fingerprint density at radius 3 is 2.71 bits per heavy atom. The maximum absolute atomic E-state index is 12.1. The number of piperidine rings is 1. The summed E-state index contributed by atoms with van der Waals surface area (Å²) in [4.78, 5) is 33.7. The molecule has 0 radical (unpaired) electrons. The number of pyridine rings is 1. The van der Waals surface area contributed by atoms with Gasteiger partial charge in [-0.25, -0.2) is 4.79 Å². The van der Waals surface area contributed by atoms with E-state index in [9.17, 15) is 9.59 Å². The fourth-order valence-corrected chi connectivity index (χ4v) is 3.28. The van der Waals surface area contributed by atoms with Crippen molar-refractivity contribution in [3.63, 3.8) is 0 Å². The van der Waals surface area contributed by atoms with Gasteiger partial charge in [-0.05, 0) is 24.5 Å². The predicted molar refractivity (Wildman–Crippen MR) is 90.3 cm³/mol. The number of amides is 3. The number of aromatic nitrogens is 1. The summed E-state index contributed by atoms with van der Waals surface area (Å²) in [5, 5.41) is 3.08. The summed E-state index contributed by atoms with van der Waals surface area (Å²) in [6.07, 6.45) is 5.58. The highest BCUT2D eigenvalue weighted by Crippen LogP contribution is 2.13. The smallest absolute Gasteiger partial charge is 0.320 e. The van der Waals surface area contributed by atoms with E-state index in [0.717, 1.165) is 32.5 Å². The Kier molecular flexibility index (Phi) is 5.30. The van der Waals surface area contributed by atoms with Crippen molar-refractivity contribution in [1.82, 2.24) is 25.0 Å². The zero-order chi connectivity index (χ0) is 16.9. The van der Waals surface area contributed by atoms with Gasteiger partial charge in [-0.15, -0.1) is 0 Å². The first-order valence-electron chi connectivity index (χ1n) is 8.52. The fraction of sp³-hybridized carbons (Fsp3) is 0.588. The molecular formula is C17H25N5O2. The van der Waals surface area contributed by atoms with Crippen molar-refractivity contribution in [2.75, 3.05) is 39.8 Å². The third-order valence-electron chi connectivity index (χ3n) is 4.72. The van der Waals surface area contributed by atoms with Gasteiger partial charge in [0.25, 0.3) is 0 Å². The number of carbonyl (C=O) groups is 2. The molecule has 7 nitrogen and oxygen atoms in total. The molecule has 3 amide bonds. The molecule has 2 fully saturated rings. The van der Waals surface area contributed by atoms with Gasteiger partial charge < -0.3 is 15.1 Å². The van der Waals surface area contributed by atoms with Crippen molar-refractivity contribution in [3.8, 4) is 0 Å². The molecule has 2 aliphatic rings. The minimum absolute atomic E-state index is 0.0515. The molecule has 0 spiro atoms. The number of likely N-dealkylation sites (N-methyl/N-ethyl adjacent to an activating group) is 1. The summed E-state index contributed by atoms with van der Waals surface area (Å²) in [7, 11) is 1.76. The first-order valence-corrected chi connectivity index (χ1v) is 8.52. The van der Waals surface area contributed by atoms with E-state index in [2.05, 4.69) is 21.3 Å². The van der Waals surface area contributed by atoms with E-state index in [4.69, 9.17) is 0 Å². The number of rotatable bonds is 5. The Morgan fingerprint density at radius 1 is 1.29 bits per heavy atom. The lowest BCUT2D eigenvalue weighted by atomic mass is 10.0. The van der Waals surface area contributed by atoms with Gasteiger partial charge in [0, 0.05) is 58.2 Å². The second kappa shape index (κ2) is 7.61. The molecule has 7 heteroatoms. The Hall–Kier alpha value is -2.15. The van der Waals surface area contributed by atoms with Crippen LogP contribution in [0.25, 0.3) is 0 Å². The van der Waals surface area contributed by atoms with E-state index in [-0.39, 0.29) is 24.5 Å². The van der Waals surface area contributed by atoms with E-state index >= 15 is 0 Å². The molecule has 0 aromatic carbocycles. The van der Waals surface area contributed by atoms with Crippen LogP contribution in [0.4, 0.5) is 4.79 Å². The predicted octanol–water partition coefficient (Wildman–Crippen LogP) is 0.530. The van der Waals surface area contributed by atoms with Crippen LogP contribution in [0.15, 0.2) is 24.5 Å². The molecule has 2 aliphatic heterocycles. The van der Waals surface area contributed by atoms with Crippen molar-refractivity contribution >= 4 is 11.9 Å². The second-order valence-electron chi connectivity index (χ2n) is 6.60. The maximum Gasteiger partial charge on any atom is 0.320 e. The normalized spacial score (nSPS) is 19.8. The Balaban J connectivity index is 1.39. The molecule has 0 unspecified atom stereocenters. The lowest BCUT2D eigenvalue weighted by Crippen LogP contribution is -2.47. The lowest BCUT2D eigenvalue weighted by molar-refractivity contribution is -0.122. The summed E-state index contributed by atoms with van der Waals surface area (Å²) in [5.41, 5.74) is 1.22. The SMILES string of the molecule is CN1CCN(CC(=O)NC2CCN(Cc3cccnc3)CC2)C1=O. The van der Waals surface area contributed by atoms with Crippen molar-refractivity contribution in [1.29, 1.82) is 0 Å². The summed E-state index contributed by atoms with van der Waals surface area (Å²) < 4.78 is 0. The molecule has 0 bridgehead atoms. The Morgan fingerprint density at radius 2 is 2.08 bits per heavy atom. The number of urea groups is 1. The van der Waals surface area contributed by atoms with Crippen molar-refractivity contribution in [2.45, 2.75) is 25.4 Å². The average Bonchev–Trinajstić information content (AvgIpc) is 2.90. The average molecular weight is 331 g/mol. The number of nitrogens with zero attached hydrogens (tertiary/aromatic N) is 4. The largest absolute Gasteiger partial charge is 0.352 e. The van der Waals surface area contributed by atoms with E-state index < -0.39 is 0 Å². The summed E-state index contributed by atoms with van der Waals surface area (Å²) in [6, 6.07) is 4.19. The molecule has 3 rings (SSSR count). The van der Waals surface area contributed by atoms with Gasteiger partial charge >= 0.3 is 6.03 Å². The van der Waals surface area contributed by atoms with Gasteiger partial charge in [0.15, 0.2) is 0 Å². The van der Waals surface area contributed by atoms with Gasteiger partial charge in [-0.2, -0.15) is 0 Å². The molecule has 2 saturated heterocycles. The van der Waals surface area contributed by atoms with Crippen LogP contribution in [-0.2, 0) is 11.3 Å². The van der Waals surface area contributed by atoms with E-state index in [1.165, 1.54) is 5.56 Å². The minimum atomic E-state index is -0.0589. The van der Waals surface area contributed by atoms with Crippen molar-refractivity contribution < 1.29 is 9.59 Å². The first-order chi connectivity index (χ1) is 11.6. The van der Waals surface area contributed by atoms with Gasteiger partial charge in [0.1, 0.15) is 6.54 Å². The first kappa shape index (κ1) is 16.7. The van der Waals surface area contributed by atoms with Crippen LogP contribution in [0, 0.1) is 0 Å². The number of hydrogen-bond acceptors (Lipinski definition) is 4. The van der Waals surface area contributed by atoms with Gasteiger partial charge in [0.05, 0.1) is 0 Å². The summed E-state index contributed by atoms with van der Waals surface area (Å²) in [5.74, 6) is -0.0515. The van der Waals surface area contributed by atoms with Crippen LogP contribution in [0.5, 0.6) is 0 Å². The number of hydrogen-bond donors (Lipinski definition) is 1. The molecule has 3 heterocycles. The minimum Gasteiger partial charge on any atom is -0.352 e. The molecule has 24 heavy (non-hydrogen) atoms. The summed E-state index contributed by atoms with van der Waals surface area (Å²) >= 11 is 0. The molecular weight excluding hydrogens is 306 g/mol. The topological polar surface area (TPSA) is 68.8 Å².